The van der Waals surface area contributed by atoms with Gasteiger partial charge in [-0.3, -0.25) is 24.0 Å². The molecule has 2 saturated heterocycles. The number of carbonyl (C=O) groups is 6. The number of likely N-dealkylation sites (tertiary alicyclic amines) is 2. The van der Waals surface area contributed by atoms with Gasteiger partial charge in [-0.25, -0.2) is 4.79 Å². The Labute approximate surface area is 361 Å². The van der Waals surface area contributed by atoms with Gasteiger partial charge in [0.1, 0.15) is 24.2 Å². The SMILES string of the molecule is COC(=O)NC(C(=O)N1CCCC1C(=O)Nc1ccc(-c2ccc(-c3ccc(NC(=O)C4CCCN4C(=O)C(NC(C)=O)C(C)C)cc3)n2-c2ccc(Cl)cc2)cc1)C(C)C. The molecule has 2 fully saturated rings. The summed E-state index contributed by atoms with van der Waals surface area (Å²) in [5.74, 6) is -1.80. The van der Waals surface area contributed by atoms with E-state index in [0.717, 1.165) is 28.2 Å². The minimum absolute atomic E-state index is 0.135. The number of carbonyl (C=O) groups excluding carboxylic acids is 6. The van der Waals surface area contributed by atoms with E-state index in [0.29, 0.717) is 55.2 Å². The van der Waals surface area contributed by atoms with E-state index in [1.807, 2.05) is 113 Å². The van der Waals surface area contributed by atoms with Gasteiger partial charge in [0.05, 0.1) is 18.5 Å². The summed E-state index contributed by atoms with van der Waals surface area (Å²) in [5.41, 5.74) is 5.54. The van der Waals surface area contributed by atoms with Crippen molar-refractivity contribution in [3.8, 4) is 28.2 Å². The van der Waals surface area contributed by atoms with Crippen LogP contribution in [0.5, 0.6) is 0 Å². The van der Waals surface area contributed by atoms with Crippen LogP contribution in [0, 0.1) is 11.8 Å². The molecule has 3 heterocycles. The number of ether oxygens (including phenoxy) is 1. The second-order valence-corrected chi connectivity index (χ2v) is 16.6. The molecule has 2 aliphatic heterocycles. The summed E-state index contributed by atoms with van der Waals surface area (Å²) in [6.07, 6.45) is 1.68. The molecule has 2 aliphatic rings. The number of halogens is 1. The molecule has 6 rings (SSSR count). The van der Waals surface area contributed by atoms with Gasteiger partial charge >= 0.3 is 6.09 Å². The van der Waals surface area contributed by atoms with E-state index in [4.69, 9.17) is 16.3 Å². The van der Waals surface area contributed by atoms with Gasteiger partial charge in [-0.1, -0.05) is 63.6 Å². The predicted molar refractivity (Wildman–Crippen MR) is 235 cm³/mol. The van der Waals surface area contributed by atoms with E-state index in [-0.39, 0.29) is 41.4 Å². The van der Waals surface area contributed by atoms with Crippen LogP contribution in [-0.2, 0) is 28.7 Å². The molecular formula is C46H54ClN7O7. The fourth-order valence-corrected chi connectivity index (χ4v) is 8.18. The first kappa shape index (κ1) is 44.4. The third kappa shape index (κ3) is 10.2. The molecule has 6 amide bonds. The number of methoxy groups -OCH3 is 1. The van der Waals surface area contributed by atoms with Crippen molar-refractivity contribution in [2.24, 2.45) is 11.8 Å². The highest BCUT2D eigenvalue weighted by molar-refractivity contribution is 6.30. The lowest BCUT2D eigenvalue weighted by Gasteiger charge is -2.30. The lowest BCUT2D eigenvalue weighted by molar-refractivity contribution is -0.141. The Morgan fingerprint density at radius 3 is 1.44 bits per heavy atom. The standard InChI is InChI=1S/C46H54ClN7O7/c1-27(2)40(48-29(5)55)44(58)52-25-7-9-38(52)42(56)49-33-17-11-30(12-18-33)36-23-24-37(54(36)35-21-15-32(47)16-22-35)31-13-19-34(20-14-31)50-43(57)39-10-8-26-53(39)45(59)41(28(3)4)51-46(60)61-6/h11-24,27-28,38-41H,7-10,25-26H2,1-6H3,(H,48,55)(H,49,56)(H,50,57)(H,51,60). The Morgan fingerprint density at radius 1 is 0.623 bits per heavy atom. The molecule has 4 aromatic rings. The molecule has 0 saturated carbocycles. The second-order valence-electron chi connectivity index (χ2n) is 16.2. The second kappa shape index (κ2) is 19.5. The molecule has 1 aromatic heterocycles. The van der Waals surface area contributed by atoms with Crippen LogP contribution in [0.1, 0.15) is 60.3 Å². The van der Waals surface area contributed by atoms with Gasteiger partial charge in [-0.2, -0.15) is 0 Å². The molecule has 3 aromatic carbocycles. The largest absolute Gasteiger partial charge is 0.453 e. The van der Waals surface area contributed by atoms with Crippen LogP contribution in [0.4, 0.5) is 16.2 Å². The molecule has 14 nitrogen and oxygen atoms in total. The number of rotatable bonds is 13. The van der Waals surface area contributed by atoms with E-state index < -0.39 is 30.3 Å². The number of nitrogens with zero attached hydrogens (tertiary/aromatic N) is 3. The van der Waals surface area contributed by atoms with Crippen molar-refractivity contribution in [1.82, 2.24) is 25.0 Å². The van der Waals surface area contributed by atoms with E-state index in [1.165, 1.54) is 18.9 Å². The fourth-order valence-electron chi connectivity index (χ4n) is 8.05. The zero-order chi connectivity index (χ0) is 44.0. The number of hydrogen-bond donors (Lipinski definition) is 4. The molecule has 0 spiro atoms. The average molecular weight is 852 g/mol. The summed E-state index contributed by atoms with van der Waals surface area (Å²) in [6.45, 7) is 9.62. The van der Waals surface area contributed by atoms with Gasteiger partial charge in [0.25, 0.3) is 0 Å². The molecule has 322 valence electrons. The minimum atomic E-state index is -0.825. The normalized spacial score (nSPS) is 17.2. The van der Waals surface area contributed by atoms with Crippen LogP contribution in [0.2, 0.25) is 5.02 Å². The van der Waals surface area contributed by atoms with Crippen LogP contribution in [0.15, 0.2) is 84.9 Å². The fraction of sp³-hybridized carbons (Fsp3) is 0.391. The number of benzene rings is 3. The van der Waals surface area contributed by atoms with Crippen LogP contribution in [-0.4, -0.2) is 94.4 Å². The van der Waals surface area contributed by atoms with E-state index in [9.17, 15) is 28.8 Å². The Morgan fingerprint density at radius 2 is 1.05 bits per heavy atom. The molecule has 61 heavy (non-hydrogen) atoms. The van der Waals surface area contributed by atoms with Crippen molar-refractivity contribution in [3.63, 3.8) is 0 Å². The molecule has 4 N–H and O–H groups in total. The number of anilines is 2. The van der Waals surface area contributed by atoms with Crippen LogP contribution >= 0.6 is 11.6 Å². The van der Waals surface area contributed by atoms with E-state index >= 15 is 0 Å². The highest BCUT2D eigenvalue weighted by atomic mass is 35.5. The first-order valence-corrected chi connectivity index (χ1v) is 21.1. The summed E-state index contributed by atoms with van der Waals surface area (Å²) in [6, 6.07) is 23.7. The van der Waals surface area contributed by atoms with Gasteiger partial charge in [-0.15, -0.1) is 0 Å². The van der Waals surface area contributed by atoms with Crippen molar-refractivity contribution in [2.75, 3.05) is 30.8 Å². The predicted octanol–water partition coefficient (Wildman–Crippen LogP) is 6.87. The molecular weight excluding hydrogens is 798 g/mol. The lowest BCUT2D eigenvalue weighted by Crippen LogP contribution is -2.54. The lowest BCUT2D eigenvalue weighted by atomic mass is 10.0. The summed E-state index contributed by atoms with van der Waals surface area (Å²) in [5, 5.41) is 11.9. The van der Waals surface area contributed by atoms with Crippen molar-refractivity contribution in [3.05, 3.63) is 90.0 Å². The first-order valence-electron chi connectivity index (χ1n) is 20.7. The number of aromatic nitrogens is 1. The van der Waals surface area contributed by atoms with Crippen molar-refractivity contribution in [2.45, 2.75) is 84.5 Å². The maximum Gasteiger partial charge on any atom is 0.407 e. The van der Waals surface area contributed by atoms with Crippen LogP contribution in [0.3, 0.4) is 0 Å². The van der Waals surface area contributed by atoms with Gasteiger partial charge in [-0.05, 0) is 109 Å². The van der Waals surface area contributed by atoms with Gasteiger partial charge in [0.2, 0.25) is 29.5 Å². The molecule has 0 aliphatic carbocycles. The molecule has 15 heteroatoms. The smallest absolute Gasteiger partial charge is 0.407 e. The number of nitrogens with one attached hydrogen (secondary N) is 4. The number of hydrogen-bond acceptors (Lipinski definition) is 7. The summed E-state index contributed by atoms with van der Waals surface area (Å²) in [7, 11) is 1.24. The Balaban J connectivity index is 1.18. The first-order chi connectivity index (χ1) is 29.2. The highest BCUT2D eigenvalue weighted by Crippen LogP contribution is 2.34. The molecule has 0 bridgehead atoms. The van der Waals surface area contributed by atoms with Gasteiger partial charge in [0.15, 0.2) is 0 Å². The number of amides is 6. The minimum Gasteiger partial charge on any atom is -0.453 e. The molecule has 4 unspecified atom stereocenters. The van der Waals surface area contributed by atoms with Crippen molar-refractivity contribution >= 4 is 58.6 Å². The Kier molecular flexibility index (Phi) is 14.2. The summed E-state index contributed by atoms with van der Waals surface area (Å²) in [4.78, 5) is 81.0. The topological polar surface area (TPSA) is 171 Å². The van der Waals surface area contributed by atoms with Crippen LogP contribution < -0.4 is 21.3 Å². The van der Waals surface area contributed by atoms with E-state index in [2.05, 4.69) is 25.8 Å². The molecule has 4 atom stereocenters. The van der Waals surface area contributed by atoms with E-state index in [1.54, 1.807) is 4.90 Å². The monoisotopic (exact) mass is 851 g/mol. The van der Waals surface area contributed by atoms with Crippen molar-refractivity contribution < 1.29 is 33.5 Å². The zero-order valence-electron chi connectivity index (χ0n) is 35.4. The summed E-state index contributed by atoms with van der Waals surface area (Å²) >= 11 is 6.30. The third-order valence-corrected chi connectivity index (χ3v) is 11.5. The van der Waals surface area contributed by atoms with Crippen molar-refractivity contribution in [1.29, 1.82) is 0 Å². The number of alkyl carbamates (subject to hydrolysis) is 1. The highest BCUT2D eigenvalue weighted by Gasteiger charge is 2.40. The van der Waals surface area contributed by atoms with Gasteiger partial charge in [0, 0.05) is 42.1 Å². The average Bonchev–Trinajstić information content (AvgIpc) is 4.03. The quantitative estimate of drug-likeness (QED) is 0.114. The maximum atomic E-state index is 13.6. The zero-order valence-corrected chi connectivity index (χ0v) is 36.1. The Bertz CT molecular complexity index is 2240. The maximum absolute atomic E-state index is 13.6. The third-order valence-electron chi connectivity index (χ3n) is 11.2. The van der Waals surface area contributed by atoms with Crippen LogP contribution in [0.25, 0.3) is 28.2 Å². The Hall–Kier alpha value is -6.15. The van der Waals surface area contributed by atoms with Gasteiger partial charge < -0.3 is 40.4 Å². The summed E-state index contributed by atoms with van der Waals surface area (Å²) < 4.78 is 6.82. The molecule has 0 radical (unpaired) electrons.